The Morgan fingerprint density at radius 1 is 0.742 bits per heavy atom. The van der Waals surface area contributed by atoms with E-state index in [2.05, 4.69) is 88.3 Å². The molecule has 2 aromatic heterocycles. The lowest BCUT2D eigenvalue weighted by atomic mass is 10.1. The van der Waals surface area contributed by atoms with E-state index < -0.39 is 0 Å². The quantitative estimate of drug-likeness (QED) is 0.322. The van der Waals surface area contributed by atoms with E-state index in [-0.39, 0.29) is 17.0 Å². The maximum Gasteiger partial charge on any atom is 0.193 e. The summed E-state index contributed by atoms with van der Waals surface area (Å²) in [5.41, 5.74) is 5.20. The molecule has 5 aromatic rings. The van der Waals surface area contributed by atoms with Crippen LogP contribution in [-0.2, 0) is 19.5 Å². The third kappa shape index (κ3) is 4.68. The Bertz CT molecular complexity index is 1310. The Morgan fingerprint density at radius 3 is 2.32 bits per heavy atom. The van der Waals surface area contributed by atoms with Crippen molar-refractivity contribution in [2.24, 2.45) is 0 Å². The van der Waals surface area contributed by atoms with Gasteiger partial charge in [0.25, 0.3) is 0 Å². The third-order valence-electron chi connectivity index (χ3n) is 5.72. The number of halogens is 2. The van der Waals surface area contributed by atoms with Crippen LogP contribution in [0.3, 0.4) is 0 Å². The van der Waals surface area contributed by atoms with Gasteiger partial charge in [-0.2, -0.15) is 4.57 Å². The minimum Gasteiger partial charge on any atom is -1.00 e. The number of fused-ring (bicyclic) bond motifs is 3. The Balaban J connectivity index is 0.00000231. The highest BCUT2D eigenvalue weighted by molar-refractivity contribution is 6.30. The van der Waals surface area contributed by atoms with Crippen LogP contribution >= 0.6 is 11.6 Å². The molecule has 0 bridgehead atoms. The molecule has 0 amide bonds. The molecule has 5 rings (SSSR count). The summed E-state index contributed by atoms with van der Waals surface area (Å²) in [6.45, 7) is 1.81. The van der Waals surface area contributed by atoms with Crippen molar-refractivity contribution in [1.82, 2.24) is 4.57 Å². The number of hydrogen-bond donors (Lipinski definition) is 0. The zero-order chi connectivity index (χ0) is 20.3. The second-order valence-electron chi connectivity index (χ2n) is 7.80. The Hall–Kier alpha value is -2.62. The highest BCUT2D eigenvalue weighted by Gasteiger charge is 2.14. The summed E-state index contributed by atoms with van der Waals surface area (Å²) in [7, 11) is 0. The molecule has 0 saturated carbocycles. The molecule has 31 heavy (non-hydrogen) atoms. The lowest BCUT2D eigenvalue weighted by Gasteiger charge is -2.07. The molecule has 0 aliphatic rings. The van der Waals surface area contributed by atoms with E-state index in [1.807, 2.05) is 18.2 Å². The van der Waals surface area contributed by atoms with Gasteiger partial charge in [-0.25, -0.2) is 0 Å². The number of aromatic nitrogens is 2. The van der Waals surface area contributed by atoms with Crippen molar-refractivity contribution in [3.63, 3.8) is 0 Å². The Morgan fingerprint density at radius 2 is 1.48 bits per heavy atom. The minimum atomic E-state index is 0. The van der Waals surface area contributed by atoms with Gasteiger partial charge in [0.1, 0.15) is 5.52 Å². The van der Waals surface area contributed by atoms with Crippen molar-refractivity contribution in [3.8, 4) is 0 Å². The first kappa shape index (κ1) is 21.6. The van der Waals surface area contributed by atoms with E-state index in [1.54, 1.807) is 0 Å². The van der Waals surface area contributed by atoms with Crippen LogP contribution < -0.4 is 21.5 Å². The predicted molar refractivity (Wildman–Crippen MR) is 125 cm³/mol. The Kier molecular flexibility index (Phi) is 6.74. The maximum absolute atomic E-state index is 6.18. The molecule has 0 unspecified atom stereocenters. The van der Waals surface area contributed by atoms with Crippen LogP contribution in [0.15, 0.2) is 97.3 Å². The monoisotopic (exact) mass is 490 g/mol. The molecule has 0 saturated heterocycles. The highest BCUT2D eigenvalue weighted by Crippen LogP contribution is 2.28. The van der Waals surface area contributed by atoms with Crippen LogP contribution in [-0.4, -0.2) is 4.57 Å². The van der Waals surface area contributed by atoms with Gasteiger partial charge in [0, 0.05) is 39.5 Å². The number of benzene rings is 3. The molecular formula is C27H24BrClN2. The summed E-state index contributed by atoms with van der Waals surface area (Å²) in [6.07, 6.45) is 6.65. The normalized spacial score (nSPS) is 11.0. The summed E-state index contributed by atoms with van der Waals surface area (Å²) in [6, 6.07) is 29.8. The predicted octanol–water partition coefficient (Wildman–Crippen LogP) is 3.42. The number of nitrogens with zero attached hydrogens (tertiary/aromatic N) is 2. The zero-order valence-electron chi connectivity index (χ0n) is 17.2. The first-order valence-corrected chi connectivity index (χ1v) is 10.8. The van der Waals surface area contributed by atoms with Crippen molar-refractivity contribution in [1.29, 1.82) is 0 Å². The van der Waals surface area contributed by atoms with Crippen molar-refractivity contribution in [2.75, 3.05) is 0 Å². The molecule has 156 valence electrons. The van der Waals surface area contributed by atoms with Crippen LogP contribution in [0, 0.1) is 0 Å². The standard InChI is InChI=1S/C27H24ClN2.BrH/c28-23-12-6-10-22(18-23)19-29-17-15-25-24-13-4-5-14-26(24)30(27(25)20-29)16-7-11-21-8-2-1-3-9-21;/h1-6,8-10,12-15,17-18,20H,7,11,16,19H2;1H/q+1;/p-1. The lowest BCUT2D eigenvalue weighted by Crippen LogP contribution is -3.00. The first-order valence-electron chi connectivity index (χ1n) is 10.5. The molecule has 0 spiro atoms. The topological polar surface area (TPSA) is 8.81 Å². The van der Waals surface area contributed by atoms with Gasteiger partial charge >= 0.3 is 0 Å². The zero-order valence-corrected chi connectivity index (χ0v) is 19.6. The van der Waals surface area contributed by atoms with E-state index in [0.717, 1.165) is 31.0 Å². The number of hydrogen-bond acceptors (Lipinski definition) is 0. The van der Waals surface area contributed by atoms with E-state index in [0.29, 0.717) is 0 Å². The highest BCUT2D eigenvalue weighted by atomic mass is 79.9. The molecule has 3 aromatic carbocycles. The smallest absolute Gasteiger partial charge is 0.193 e. The number of pyridine rings is 1. The van der Waals surface area contributed by atoms with Crippen molar-refractivity contribution in [3.05, 3.63) is 113 Å². The van der Waals surface area contributed by atoms with Crippen LogP contribution in [0.5, 0.6) is 0 Å². The second kappa shape index (κ2) is 9.67. The van der Waals surface area contributed by atoms with Gasteiger partial charge in [0.05, 0.1) is 0 Å². The molecule has 4 heteroatoms. The van der Waals surface area contributed by atoms with Gasteiger partial charge in [-0.1, -0.05) is 72.3 Å². The number of rotatable bonds is 6. The van der Waals surface area contributed by atoms with Crippen LogP contribution in [0.2, 0.25) is 5.02 Å². The summed E-state index contributed by atoms with van der Waals surface area (Å²) < 4.78 is 4.72. The molecule has 2 nitrogen and oxygen atoms in total. The average Bonchev–Trinajstić information content (AvgIpc) is 3.08. The van der Waals surface area contributed by atoms with Crippen molar-refractivity contribution >= 4 is 33.4 Å². The summed E-state index contributed by atoms with van der Waals surface area (Å²) in [4.78, 5) is 0. The second-order valence-corrected chi connectivity index (χ2v) is 8.24. The summed E-state index contributed by atoms with van der Waals surface area (Å²) >= 11 is 6.18. The average molecular weight is 492 g/mol. The fourth-order valence-electron chi connectivity index (χ4n) is 4.31. The van der Waals surface area contributed by atoms with Crippen LogP contribution in [0.25, 0.3) is 21.8 Å². The molecule has 0 atom stereocenters. The summed E-state index contributed by atoms with van der Waals surface area (Å²) in [5.74, 6) is 0. The molecule has 0 radical (unpaired) electrons. The van der Waals surface area contributed by atoms with Crippen LogP contribution in [0.1, 0.15) is 17.5 Å². The van der Waals surface area contributed by atoms with E-state index in [9.17, 15) is 0 Å². The van der Waals surface area contributed by atoms with Gasteiger partial charge in [0.2, 0.25) is 0 Å². The Labute approximate surface area is 198 Å². The molecule has 0 aliphatic carbocycles. The van der Waals surface area contributed by atoms with E-state index in [1.165, 1.54) is 32.9 Å². The molecule has 0 N–H and O–H groups in total. The SMILES string of the molecule is Clc1cccc(C[n+]2ccc3c4ccccc4n(CCCc4ccccc4)c3c2)c1.[Br-]. The lowest BCUT2D eigenvalue weighted by molar-refractivity contribution is -0.687. The largest absolute Gasteiger partial charge is 1.00 e. The maximum atomic E-state index is 6.18. The minimum absolute atomic E-state index is 0. The first-order chi connectivity index (χ1) is 14.8. The molecule has 0 aliphatic heterocycles. The molecular weight excluding hydrogens is 468 g/mol. The van der Waals surface area contributed by atoms with E-state index in [4.69, 9.17) is 11.6 Å². The fourth-order valence-corrected chi connectivity index (χ4v) is 4.52. The van der Waals surface area contributed by atoms with Crippen molar-refractivity contribution in [2.45, 2.75) is 25.9 Å². The van der Waals surface area contributed by atoms with Gasteiger partial charge in [0.15, 0.2) is 18.9 Å². The molecule has 0 fully saturated rings. The van der Waals surface area contributed by atoms with Crippen molar-refractivity contribution < 1.29 is 21.5 Å². The number of aryl methyl sites for hydroxylation is 2. The third-order valence-corrected chi connectivity index (χ3v) is 5.95. The van der Waals surface area contributed by atoms with Crippen LogP contribution in [0.4, 0.5) is 0 Å². The van der Waals surface area contributed by atoms with Gasteiger partial charge in [-0.3, -0.25) is 0 Å². The molecule has 2 heterocycles. The fraction of sp³-hybridized carbons (Fsp3) is 0.148. The van der Waals surface area contributed by atoms with Gasteiger partial charge in [-0.15, -0.1) is 0 Å². The number of para-hydroxylation sites is 1. The summed E-state index contributed by atoms with van der Waals surface area (Å²) in [5, 5.41) is 3.42. The van der Waals surface area contributed by atoms with E-state index >= 15 is 0 Å². The van der Waals surface area contributed by atoms with Gasteiger partial charge < -0.3 is 21.5 Å². The van der Waals surface area contributed by atoms with Gasteiger partial charge in [-0.05, 0) is 36.6 Å².